The average Bonchev–Trinajstić information content (AvgIpc) is 2.26. The molecule has 0 bridgehead atoms. The normalized spacial score (nSPS) is 21.0. The molecule has 1 atom stereocenters. The molecule has 0 aliphatic carbocycles. The zero-order valence-electron chi connectivity index (χ0n) is 8.81. The van der Waals surface area contributed by atoms with Crippen LogP contribution in [0, 0.1) is 0 Å². The predicted octanol–water partition coefficient (Wildman–Crippen LogP) is 2.88. The van der Waals surface area contributed by atoms with Gasteiger partial charge in [0.1, 0.15) is 0 Å². The Morgan fingerprint density at radius 2 is 2.20 bits per heavy atom. The molecule has 1 aromatic rings. The van der Waals surface area contributed by atoms with Gasteiger partial charge in [0.15, 0.2) is 0 Å². The van der Waals surface area contributed by atoms with Crippen molar-refractivity contribution in [2.24, 2.45) is 0 Å². The molecule has 1 aliphatic rings. The van der Waals surface area contributed by atoms with Crippen LogP contribution in [0.15, 0.2) is 41.6 Å². The first-order valence-electron chi connectivity index (χ1n) is 4.92. The summed E-state index contributed by atoms with van der Waals surface area (Å²) in [7, 11) is 2.03. The second-order valence-electron chi connectivity index (χ2n) is 3.62. The molecule has 3 heteroatoms. The quantitative estimate of drug-likeness (QED) is 0.724. The van der Waals surface area contributed by atoms with Crippen molar-refractivity contribution in [2.75, 3.05) is 7.05 Å². The predicted molar refractivity (Wildman–Crippen MR) is 63.4 cm³/mol. The zero-order valence-corrected chi connectivity index (χ0v) is 9.57. The van der Waals surface area contributed by atoms with E-state index < -0.39 is 0 Å². The summed E-state index contributed by atoms with van der Waals surface area (Å²) in [6.07, 6.45) is 5.80. The van der Waals surface area contributed by atoms with Crippen LogP contribution in [-0.2, 0) is 0 Å². The Kier molecular flexibility index (Phi) is 2.78. The van der Waals surface area contributed by atoms with Crippen molar-refractivity contribution in [2.45, 2.75) is 13.0 Å². The molecule has 2 nitrogen and oxygen atoms in total. The van der Waals surface area contributed by atoms with E-state index >= 15 is 0 Å². The number of halogens is 1. The third kappa shape index (κ3) is 1.90. The topological polar surface area (TPSA) is 16.1 Å². The lowest BCUT2D eigenvalue weighted by atomic mass is 10.1. The lowest BCUT2D eigenvalue weighted by Crippen LogP contribution is -2.28. The Labute approximate surface area is 94.9 Å². The van der Waals surface area contributed by atoms with E-state index in [1.165, 1.54) is 0 Å². The lowest BCUT2D eigenvalue weighted by Gasteiger charge is -2.30. The minimum atomic E-state index is 0.351. The van der Waals surface area contributed by atoms with Crippen LogP contribution in [-0.4, -0.2) is 23.0 Å². The molecule has 0 N–H and O–H groups in total. The second-order valence-corrected chi connectivity index (χ2v) is 4.03. The molecule has 0 radical (unpaired) electrons. The average molecular weight is 221 g/mol. The molecule has 78 valence electrons. The minimum absolute atomic E-state index is 0.351. The molecule has 0 aromatic carbocycles. The molecule has 0 fully saturated rings. The Balaban J connectivity index is 2.47. The summed E-state index contributed by atoms with van der Waals surface area (Å²) in [6.45, 7) is 2.13. The van der Waals surface area contributed by atoms with E-state index in [-0.39, 0.29) is 0 Å². The molecular formula is C12H13ClN2. The smallest absolute Gasteiger partial charge is 0.0878 e. The summed E-state index contributed by atoms with van der Waals surface area (Å²) in [5.74, 6) is 0. The Morgan fingerprint density at radius 3 is 2.87 bits per heavy atom. The van der Waals surface area contributed by atoms with E-state index in [0.29, 0.717) is 6.04 Å². The molecule has 0 spiro atoms. The Hall–Kier alpha value is -1.28. The van der Waals surface area contributed by atoms with Crippen molar-refractivity contribution in [3.8, 4) is 0 Å². The van der Waals surface area contributed by atoms with Gasteiger partial charge in [0.2, 0.25) is 0 Å². The maximum atomic E-state index is 6.19. The number of hydrogen-bond acceptors (Lipinski definition) is 2. The molecule has 0 saturated heterocycles. The fraction of sp³-hybridized carbons (Fsp3) is 0.250. The Morgan fingerprint density at radius 1 is 1.40 bits per heavy atom. The van der Waals surface area contributed by atoms with E-state index in [1.54, 1.807) is 6.20 Å². The number of aromatic nitrogens is 1. The monoisotopic (exact) mass is 220 g/mol. The van der Waals surface area contributed by atoms with Crippen LogP contribution in [0.2, 0.25) is 0 Å². The summed E-state index contributed by atoms with van der Waals surface area (Å²) < 4.78 is 0. The van der Waals surface area contributed by atoms with Crippen molar-refractivity contribution in [1.29, 1.82) is 0 Å². The van der Waals surface area contributed by atoms with E-state index in [1.807, 2.05) is 31.3 Å². The number of allylic oxidation sites excluding steroid dienone is 2. The first-order chi connectivity index (χ1) is 7.20. The standard InChI is InChI=1S/C12H13ClN2/c1-9-6-7-10(13)12(15(9)2)11-5-3-4-8-14-11/h3-9H,1-2H3. The van der Waals surface area contributed by atoms with Gasteiger partial charge in [0.25, 0.3) is 0 Å². The van der Waals surface area contributed by atoms with E-state index in [0.717, 1.165) is 16.4 Å². The van der Waals surface area contributed by atoms with Gasteiger partial charge in [0, 0.05) is 19.3 Å². The third-order valence-corrected chi connectivity index (χ3v) is 2.92. The Bertz CT molecular complexity index is 409. The summed E-state index contributed by atoms with van der Waals surface area (Å²) >= 11 is 6.19. The summed E-state index contributed by atoms with van der Waals surface area (Å²) in [5, 5.41) is 0.745. The van der Waals surface area contributed by atoms with Gasteiger partial charge in [-0.3, -0.25) is 4.98 Å². The van der Waals surface area contributed by atoms with Crippen LogP contribution in [0.5, 0.6) is 0 Å². The summed E-state index contributed by atoms with van der Waals surface area (Å²) in [4.78, 5) is 6.45. The van der Waals surface area contributed by atoms with Crippen LogP contribution in [0.25, 0.3) is 5.70 Å². The van der Waals surface area contributed by atoms with Crippen molar-refractivity contribution in [1.82, 2.24) is 9.88 Å². The molecule has 0 amide bonds. The third-order valence-electron chi connectivity index (χ3n) is 2.62. The van der Waals surface area contributed by atoms with Crippen molar-refractivity contribution >= 4 is 17.3 Å². The maximum absolute atomic E-state index is 6.19. The number of rotatable bonds is 1. The van der Waals surface area contributed by atoms with Gasteiger partial charge in [-0.1, -0.05) is 23.7 Å². The SMILES string of the molecule is CC1C=CC(Cl)=C(c2ccccn2)N1C. The fourth-order valence-corrected chi connectivity index (χ4v) is 1.91. The largest absolute Gasteiger partial charge is 0.365 e. The summed E-state index contributed by atoms with van der Waals surface area (Å²) in [6, 6.07) is 6.20. The van der Waals surface area contributed by atoms with Crippen molar-refractivity contribution in [3.63, 3.8) is 0 Å². The lowest BCUT2D eigenvalue weighted by molar-refractivity contribution is 0.423. The van der Waals surface area contributed by atoms with E-state index in [9.17, 15) is 0 Å². The van der Waals surface area contributed by atoms with Crippen molar-refractivity contribution < 1.29 is 0 Å². The van der Waals surface area contributed by atoms with Crippen molar-refractivity contribution in [3.05, 3.63) is 47.3 Å². The van der Waals surface area contributed by atoms with Crippen LogP contribution < -0.4 is 0 Å². The van der Waals surface area contributed by atoms with Gasteiger partial charge < -0.3 is 4.90 Å². The van der Waals surface area contributed by atoms with Gasteiger partial charge in [-0.25, -0.2) is 0 Å². The number of pyridine rings is 1. The minimum Gasteiger partial charge on any atom is -0.365 e. The molecule has 15 heavy (non-hydrogen) atoms. The van der Waals surface area contributed by atoms with Crippen LogP contribution >= 0.6 is 11.6 Å². The molecular weight excluding hydrogens is 208 g/mol. The van der Waals surface area contributed by atoms with Crippen LogP contribution in [0.4, 0.5) is 0 Å². The molecule has 0 saturated carbocycles. The van der Waals surface area contributed by atoms with Crippen LogP contribution in [0.3, 0.4) is 0 Å². The van der Waals surface area contributed by atoms with Crippen LogP contribution in [0.1, 0.15) is 12.6 Å². The fourth-order valence-electron chi connectivity index (χ4n) is 1.61. The van der Waals surface area contributed by atoms with Gasteiger partial charge in [-0.05, 0) is 25.1 Å². The highest BCUT2D eigenvalue weighted by Crippen LogP contribution is 2.29. The summed E-state index contributed by atoms with van der Waals surface area (Å²) in [5.41, 5.74) is 1.91. The first-order valence-corrected chi connectivity index (χ1v) is 5.30. The molecule has 1 aromatic heterocycles. The highest BCUT2D eigenvalue weighted by molar-refractivity contribution is 6.34. The second kappa shape index (κ2) is 4.07. The highest BCUT2D eigenvalue weighted by Gasteiger charge is 2.19. The molecule has 1 aliphatic heterocycles. The van der Waals surface area contributed by atoms with Gasteiger partial charge in [-0.2, -0.15) is 0 Å². The van der Waals surface area contributed by atoms with Gasteiger partial charge >= 0.3 is 0 Å². The van der Waals surface area contributed by atoms with E-state index in [4.69, 9.17) is 11.6 Å². The van der Waals surface area contributed by atoms with Gasteiger partial charge in [-0.15, -0.1) is 0 Å². The first kappa shape index (κ1) is 10.2. The molecule has 2 rings (SSSR count). The number of nitrogens with zero attached hydrogens (tertiary/aromatic N) is 2. The van der Waals surface area contributed by atoms with Gasteiger partial charge in [0.05, 0.1) is 16.4 Å². The number of hydrogen-bond donors (Lipinski definition) is 0. The zero-order chi connectivity index (χ0) is 10.8. The molecule has 1 unspecified atom stereocenters. The molecule has 2 heterocycles. The maximum Gasteiger partial charge on any atom is 0.0878 e. The van der Waals surface area contributed by atoms with E-state index in [2.05, 4.69) is 22.9 Å². The number of likely N-dealkylation sites (N-methyl/N-ethyl adjacent to an activating group) is 1. The highest BCUT2D eigenvalue weighted by atomic mass is 35.5.